The van der Waals surface area contributed by atoms with Gasteiger partial charge in [-0.3, -0.25) is 0 Å². The Balaban J connectivity index is 2.62. The van der Waals surface area contributed by atoms with Crippen molar-refractivity contribution in [1.29, 1.82) is 0 Å². The van der Waals surface area contributed by atoms with Crippen molar-refractivity contribution in [3.8, 4) is 0 Å². The molecule has 1 aromatic rings. The fraction of sp³-hybridized carbons (Fsp3) is 0.625. The lowest BCUT2D eigenvalue weighted by atomic mass is 9.83. The van der Waals surface area contributed by atoms with Crippen molar-refractivity contribution in [2.75, 3.05) is 13.2 Å². The summed E-state index contributed by atoms with van der Waals surface area (Å²) in [5.74, 6) is 0. The number of aliphatic hydroxyl groups excluding tert-OH is 1. The number of rotatable bonds is 7. The van der Waals surface area contributed by atoms with E-state index in [0.717, 1.165) is 19.4 Å². The molecule has 0 fully saturated rings. The minimum Gasteiger partial charge on any atom is -0.396 e. The van der Waals surface area contributed by atoms with Gasteiger partial charge in [0.15, 0.2) is 0 Å². The van der Waals surface area contributed by atoms with Crippen LogP contribution in [0, 0.1) is 12.3 Å². The van der Waals surface area contributed by atoms with Gasteiger partial charge in [0.05, 0.1) is 0 Å². The van der Waals surface area contributed by atoms with Crippen molar-refractivity contribution >= 4 is 0 Å². The monoisotopic (exact) mass is 249 g/mol. The van der Waals surface area contributed by atoms with Crippen LogP contribution in [0.3, 0.4) is 0 Å². The maximum atomic E-state index is 9.56. The molecule has 0 aliphatic heterocycles. The predicted octanol–water partition coefficient (Wildman–Crippen LogP) is 3.44. The number of hydrogen-bond acceptors (Lipinski definition) is 2. The standard InChI is InChI=1S/C16H27NO/c1-5-16(6-2,12-18)11-17-14(4)15-9-7-8-13(3)10-15/h7-10,14,17-18H,5-6,11-12H2,1-4H3/t14-/m1/s1. The van der Waals surface area contributed by atoms with E-state index in [4.69, 9.17) is 0 Å². The highest BCUT2D eigenvalue weighted by atomic mass is 16.3. The van der Waals surface area contributed by atoms with Gasteiger partial charge in [-0.05, 0) is 32.3 Å². The average Bonchev–Trinajstić information content (AvgIpc) is 2.40. The zero-order valence-corrected chi connectivity index (χ0v) is 12.2. The molecule has 2 nitrogen and oxygen atoms in total. The molecule has 1 rings (SSSR count). The molecule has 0 saturated carbocycles. The van der Waals surface area contributed by atoms with Crippen LogP contribution < -0.4 is 5.32 Å². The highest BCUT2D eigenvalue weighted by Crippen LogP contribution is 2.25. The second-order valence-electron chi connectivity index (χ2n) is 5.38. The maximum absolute atomic E-state index is 9.56. The van der Waals surface area contributed by atoms with Gasteiger partial charge in [-0.1, -0.05) is 43.7 Å². The lowest BCUT2D eigenvalue weighted by Crippen LogP contribution is -2.37. The molecule has 0 spiro atoms. The lowest BCUT2D eigenvalue weighted by Gasteiger charge is -2.31. The third kappa shape index (κ3) is 3.82. The Morgan fingerprint density at radius 1 is 1.28 bits per heavy atom. The van der Waals surface area contributed by atoms with Crippen LogP contribution in [0.25, 0.3) is 0 Å². The van der Waals surface area contributed by atoms with E-state index < -0.39 is 0 Å². The van der Waals surface area contributed by atoms with Crippen LogP contribution in [0.15, 0.2) is 24.3 Å². The summed E-state index contributed by atoms with van der Waals surface area (Å²) < 4.78 is 0. The van der Waals surface area contributed by atoms with E-state index in [1.54, 1.807) is 0 Å². The second-order valence-corrected chi connectivity index (χ2v) is 5.38. The van der Waals surface area contributed by atoms with E-state index in [0.29, 0.717) is 6.04 Å². The maximum Gasteiger partial charge on any atom is 0.0499 e. The quantitative estimate of drug-likeness (QED) is 0.776. The molecule has 1 aromatic carbocycles. The van der Waals surface area contributed by atoms with Crippen molar-refractivity contribution in [2.45, 2.75) is 46.6 Å². The van der Waals surface area contributed by atoms with Gasteiger partial charge in [-0.15, -0.1) is 0 Å². The zero-order valence-electron chi connectivity index (χ0n) is 12.2. The molecule has 2 N–H and O–H groups in total. The topological polar surface area (TPSA) is 32.3 Å². The SMILES string of the molecule is CCC(CC)(CO)CN[C@H](C)c1cccc(C)c1. The molecule has 2 heteroatoms. The number of aryl methyl sites for hydroxylation is 1. The van der Waals surface area contributed by atoms with Crippen LogP contribution in [0.4, 0.5) is 0 Å². The first-order valence-corrected chi connectivity index (χ1v) is 6.97. The summed E-state index contributed by atoms with van der Waals surface area (Å²) in [4.78, 5) is 0. The summed E-state index contributed by atoms with van der Waals surface area (Å²) >= 11 is 0. The number of nitrogens with one attached hydrogen (secondary N) is 1. The number of benzene rings is 1. The molecule has 0 amide bonds. The molecular weight excluding hydrogens is 222 g/mol. The summed E-state index contributed by atoms with van der Waals surface area (Å²) in [5.41, 5.74) is 2.63. The van der Waals surface area contributed by atoms with Gasteiger partial charge < -0.3 is 10.4 Å². The molecule has 0 unspecified atom stereocenters. The molecule has 18 heavy (non-hydrogen) atoms. The lowest BCUT2D eigenvalue weighted by molar-refractivity contribution is 0.110. The van der Waals surface area contributed by atoms with Crippen LogP contribution in [0.1, 0.15) is 50.8 Å². The van der Waals surface area contributed by atoms with Crippen molar-refractivity contribution in [2.24, 2.45) is 5.41 Å². The van der Waals surface area contributed by atoms with Crippen molar-refractivity contribution in [1.82, 2.24) is 5.32 Å². The Morgan fingerprint density at radius 3 is 2.44 bits per heavy atom. The molecule has 102 valence electrons. The van der Waals surface area contributed by atoms with Gasteiger partial charge in [0.25, 0.3) is 0 Å². The first-order chi connectivity index (χ1) is 8.56. The van der Waals surface area contributed by atoms with Crippen molar-refractivity contribution < 1.29 is 5.11 Å². The van der Waals surface area contributed by atoms with Gasteiger partial charge in [0.1, 0.15) is 0 Å². The van der Waals surface area contributed by atoms with Crippen LogP contribution >= 0.6 is 0 Å². The molecule has 0 aromatic heterocycles. The summed E-state index contributed by atoms with van der Waals surface area (Å²) in [6, 6.07) is 8.92. The minimum absolute atomic E-state index is 0.0259. The van der Waals surface area contributed by atoms with E-state index in [1.165, 1.54) is 11.1 Å². The molecule has 0 saturated heterocycles. The smallest absolute Gasteiger partial charge is 0.0499 e. The van der Waals surface area contributed by atoms with Gasteiger partial charge in [-0.25, -0.2) is 0 Å². The Hall–Kier alpha value is -0.860. The Morgan fingerprint density at radius 2 is 1.94 bits per heavy atom. The van der Waals surface area contributed by atoms with E-state index >= 15 is 0 Å². The van der Waals surface area contributed by atoms with Crippen LogP contribution in [-0.2, 0) is 0 Å². The van der Waals surface area contributed by atoms with E-state index in [2.05, 4.69) is 57.3 Å². The van der Waals surface area contributed by atoms with Gasteiger partial charge in [0.2, 0.25) is 0 Å². The van der Waals surface area contributed by atoms with E-state index in [-0.39, 0.29) is 12.0 Å². The van der Waals surface area contributed by atoms with Crippen molar-refractivity contribution in [3.63, 3.8) is 0 Å². The zero-order chi connectivity index (χ0) is 13.6. The first-order valence-electron chi connectivity index (χ1n) is 6.97. The number of hydrogen-bond donors (Lipinski definition) is 2. The fourth-order valence-corrected chi connectivity index (χ4v) is 2.21. The molecular formula is C16H27NO. The molecule has 0 radical (unpaired) electrons. The van der Waals surface area contributed by atoms with Gasteiger partial charge in [-0.2, -0.15) is 0 Å². The normalized spacial score (nSPS) is 13.6. The molecule has 0 aliphatic carbocycles. The Bertz CT molecular complexity index is 350. The first kappa shape index (κ1) is 15.2. The third-order valence-electron chi connectivity index (χ3n) is 4.16. The predicted molar refractivity (Wildman–Crippen MR) is 77.7 cm³/mol. The third-order valence-corrected chi connectivity index (χ3v) is 4.16. The van der Waals surface area contributed by atoms with E-state index in [9.17, 15) is 5.11 Å². The largest absolute Gasteiger partial charge is 0.396 e. The van der Waals surface area contributed by atoms with Crippen LogP contribution in [0.5, 0.6) is 0 Å². The molecule has 0 bridgehead atoms. The Labute approximate surface area is 111 Å². The van der Waals surface area contributed by atoms with Crippen LogP contribution in [-0.4, -0.2) is 18.3 Å². The minimum atomic E-state index is 0.0259. The molecule has 1 atom stereocenters. The van der Waals surface area contributed by atoms with Gasteiger partial charge in [0, 0.05) is 24.6 Å². The fourth-order valence-electron chi connectivity index (χ4n) is 2.21. The van der Waals surface area contributed by atoms with E-state index in [1.807, 2.05) is 0 Å². The summed E-state index contributed by atoms with van der Waals surface area (Å²) in [6.45, 7) is 9.73. The molecule has 0 heterocycles. The summed E-state index contributed by atoms with van der Waals surface area (Å²) in [6.07, 6.45) is 2.01. The number of aliphatic hydroxyl groups is 1. The second kappa shape index (κ2) is 6.91. The average molecular weight is 249 g/mol. The Kier molecular flexibility index (Phi) is 5.83. The van der Waals surface area contributed by atoms with Gasteiger partial charge >= 0.3 is 0 Å². The highest BCUT2D eigenvalue weighted by Gasteiger charge is 2.25. The molecule has 0 aliphatic rings. The summed E-state index contributed by atoms with van der Waals surface area (Å²) in [5, 5.41) is 13.1. The van der Waals surface area contributed by atoms with Crippen molar-refractivity contribution in [3.05, 3.63) is 35.4 Å². The van der Waals surface area contributed by atoms with Crippen LogP contribution in [0.2, 0.25) is 0 Å². The highest BCUT2D eigenvalue weighted by molar-refractivity contribution is 5.24. The summed E-state index contributed by atoms with van der Waals surface area (Å²) in [7, 11) is 0.